The molecule has 1 aromatic rings. The van der Waals surface area contributed by atoms with Crippen LogP contribution in [0.5, 0.6) is 0 Å². The molecule has 174 valence electrons. The van der Waals surface area contributed by atoms with Gasteiger partial charge in [0.1, 0.15) is 11.6 Å². The number of nitrogens with one attached hydrogen (secondary N) is 2. The first kappa shape index (κ1) is 22.5. The minimum Gasteiger partial charge on any atom is -0.444 e. The van der Waals surface area contributed by atoms with Gasteiger partial charge in [-0.05, 0) is 57.7 Å². The Bertz CT molecular complexity index is 974. The van der Waals surface area contributed by atoms with E-state index < -0.39 is 35.0 Å². The standard InChI is InChI=1S/C23H29F2N3O4/c1-13-11-14(5-6-15(13)26-16-7-8-18(29)27-19(16)30)22-9-10-28(12-17(22)23(22,24)25)20(31)32-21(2,3)4/h5-6,11,16-17,26H,7-10,12H2,1-4H3,(H,27,29,30)/t16-,17+,22+/m1/s1. The van der Waals surface area contributed by atoms with Gasteiger partial charge in [-0.15, -0.1) is 0 Å². The number of benzene rings is 1. The molecule has 9 heteroatoms. The van der Waals surface area contributed by atoms with E-state index in [0.29, 0.717) is 17.7 Å². The number of imide groups is 1. The fraction of sp³-hybridized carbons (Fsp3) is 0.609. The normalized spacial score (nSPS) is 29.1. The first-order valence-corrected chi connectivity index (χ1v) is 10.9. The van der Waals surface area contributed by atoms with Crippen LogP contribution in [0.2, 0.25) is 0 Å². The number of anilines is 1. The number of likely N-dealkylation sites (tertiary alicyclic amines) is 1. The Morgan fingerprint density at radius 2 is 2.00 bits per heavy atom. The van der Waals surface area contributed by atoms with Crippen molar-refractivity contribution in [2.24, 2.45) is 5.92 Å². The Hall–Kier alpha value is -2.71. The quantitative estimate of drug-likeness (QED) is 0.691. The SMILES string of the molecule is Cc1cc([C@@]23CCN(C(=O)OC(C)(C)C)C[C@@H]2C3(F)F)ccc1N[C@@H]1CCC(=O)NC1=O. The summed E-state index contributed by atoms with van der Waals surface area (Å²) in [5, 5.41) is 5.42. The van der Waals surface area contributed by atoms with Crippen molar-refractivity contribution in [1.29, 1.82) is 0 Å². The Kier molecular flexibility index (Phi) is 5.21. The molecular weight excluding hydrogens is 420 g/mol. The topological polar surface area (TPSA) is 87.7 Å². The van der Waals surface area contributed by atoms with E-state index in [4.69, 9.17) is 4.74 Å². The predicted molar refractivity (Wildman–Crippen MR) is 114 cm³/mol. The lowest BCUT2D eigenvalue weighted by Gasteiger charge is -2.32. The van der Waals surface area contributed by atoms with Crippen molar-refractivity contribution in [1.82, 2.24) is 10.2 Å². The summed E-state index contributed by atoms with van der Waals surface area (Å²) in [7, 11) is 0. The van der Waals surface area contributed by atoms with Crippen LogP contribution in [-0.4, -0.2) is 53.5 Å². The monoisotopic (exact) mass is 449 g/mol. The third-order valence-electron chi connectivity index (χ3n) is 6.69. The van der Waals surface area contributed by atoms with Gasteiger partial charge in [-0.1, -0.05) is 12.1 Å². The highest BCUT2D eigenvalue weighted by Gasteiger charge is 2.82. The molecule has 3 fully saturated rings. The van der Waals surface area contributed by atoms with Gasteiger partial charge >= 0.3 is 6.09 Å². The lowest BCUT2D eigenvalue weighted by molar-refractivity contribution is -0.133. The molecule has 1 saturated carbocycles. The number of aryl methyl sites for hydroxylation is 1. The first-order chi connectivity index (χ1) is 14.8. The molecule has 0 bridgehead atoms. The molecule has 4 rings (SSSR count). The molecule has 0 aromatic heterocycles. The van der Waals surface area contributed by atoms with E-state index >= 15 is 8.78 Å². The number of ether oxygens (including phenoxy) is 1. The summed E-state index contributed by atoms with van der Waals surface area (Å²) in [5.41, 5.74) is -0.00420. The fourth-order valence-corrected chi connectivity index (χ4v) is 4.92. The van der Waals surface area contributed by atoms with E-state index in [1.165, 1.54) is 4.90 Å². The van der Waals surface area contributed by atoms with Crippen molar-refractivity contribution in [2.75, 3.05) is 18.4 Å². The number of piperidine rings is 2. The van der Waals surface area contributed by atoms with Crippen molar-refractivity contribution >= 4 is 23.6 Å². The minimum absolute atomic E-state index is 0.0444. The van der Waals surface area contributed by atoms with Crippen LogP contribution >= 0.6 is 0 Å². The molecule has 3 atom stereocenters. The Labute approximate surface area is 185 Å². The zero-order chi connectivity index (χ0) is 23.5. The van der Waals surface area contributed by atoms with E-state index in [2.05, 4.69) is 10.6 Å². The maximum absolute atomic E-state index is 15.0. The third kappa shape index (κ3) is 3.71. The lowest BCUT2D eigenvalue weighted by atomic mass is 9.86. The molecule has 0 unspecified atom stereocenters. The fourth-order valence-electron chi connectivity index (χ4n) is 4.92. The summed E-state index contributed by atoms with van der Waals surface area (Å²) < 4.78 is 35.4. The van der Waals surface area contributed by atoms with Gasteiger partial charge in [-0.25, -0.2) is 13.6 Å². The summed E-state index contributed by atoms with van der Waals surface area (Å²) in [4.78, 5) is 37.1. The molecule has 7 nitrogen and oxygen atoms in total. The van der Waals surface area contributed by atoms with Gasteiger partial charge < -0.3 is 15.0 Å². The van der Waals surface area contributed by atoms with E-state index in [0.717, 1.165) is 5.56 Å². The van der Waals surface area contributed by atoms with E-state index in [9.17, 15) is 14.4 Å². The van der Waals surface area contributed by atoms with E-state index in [-0.39, 0.29) is 37.7 Å². The highest BCUT2D eigenvalue weighted by atomic mass is 19.3. The van der Waals surface area contributed by atoms with Crippen LogP contribution in [0, 0.1) is 12.8 Å². The molecule has 2 saturated heterocycles. The number of alkyl halides is 2. The summed E-state index contributed by atoms with van der Waals surface area (Å²) in [6, 6.07) is 4.60. The number of carbonyl (C=O) groups excluding carboxylic acids is 3. The van der Waals surface area contributed by atoms with Gasteiger partial charge in [-0.2, -0.15) is 0 Å². The van der Waals surface area contributed by atoms with Crippen LogP contribution in [0.3, 0.4) is 0 Å². The number of nitrogens with zero attached hydrogens (tertiary/aromatic N) is 1. The second-order valence-electron chi connectivity index (χ2n) is 10.0. The average molecular weight is 449 g/mol. The number of hydrogen-bond donors (Lipinski definition) is 2. The zero-order valence-corrected chi connectivity index (χ0v) is 18.8. The Morgan fingerprint density at radius 1 is 1.28 bits per heavy atom. The van der Waals surface area contributed by atoms with E-state index in [1.807, 2.05) is 0 Å². The molecule has 1 aliphatic carbocycles. The van der Waals surface area contributed by atoms with Crippen LogP contribution in [0.1, 0.15) is 51.2 Å². The van der Waals surface area contributed by atoms with Crippen LogP contribution in [-0.2, 0) is 19.7 Å². The zero-order valence-electron chi connectivity index (χ0n) is 18.8. The number of carbonyl (C=O) groups is 3. The van der Waals surface area contributed by atoms with Gasteiger partial charge in [0.05, 0.1) is 11.3 Å². The molecular formula is C23H29F2N3O4. The summed E-state index contributed by atoms with van der Waals surface area (Å²) in [5.74, 6) is -4.54. The Balaban J connectivity index is 1.49. The molecule has 2 N–H and O–H groups in total. The Morgan fingerprint density at radius 3 is 2.59 bits per heavy atom. The average Bonchev–Trinajstić information content (AvgIpc) is 3.20. The molecule has 0 radical (unpaired) electrons. The predicted octanol–water partition coefficient (Wildman–Crippen LogP) is 3.36. The van der Waals surface area contributed by atoms with Gasteiger partial charge in [0.2, 0.25) is 11.8 Å². The van der Waals surface area contributed by atoms with Crippen molar-refractivity contribution in [3.8, 4) is 0 Å². The maximum Gasteiger partial charge on any atom is 0.410 e. The highest BCUT2D eigenvalue weighted by Crippen LogP contribution is 2.70. The van der Waals surface area contributed by atoms with Crippen molar-refractivity contribution in [2.45, 2.75) is 69.9 Å². The minimum atomic E-state index is -2.91. The van der Waals surface area contributed by atoms with Crippen LogP contribution in [0.4, 0.5) is 19.3 Å². The third-order valence-corrected chi connectivity index (χ3v) is 6.69. The van der Waals surface area contributed by atoms with Gasteiger partial charge in [0, 0.05) is 25.2 Å². The molecule has 3 aliphatic rings. The van der Waals surface area contributed by atoms with Gasteiger partial charge in [0.25, 0.3) is 5.92 Å². The molecule has 2 heterocycles. The number of hydrogen-bond acceptors (Lipinski definition) is 5. The summed E-state index contributed by atoms with van der Waals surface area (Å²) >= 11 is 0. The number of amides is 3. The maximum atomic E-state index is 15.0. The van der Waals surface area contributed by atoms with Crippen LogP contribution in [0.25, 0.3) is 0 Å². The molecule has 1 aromatic carbocycles. The number of fused-ring (bicyclic) bond motifs is 1. The van der Waals surface area contributed by atoms with Crippen LogP contribution < -0.4 is 10.6 Å². The van der Waals surface area contributed by atoms with Crippen molar-refractivity contribution in [3.63, 3.8) is 0 Å². The molecule has 2 aliphatic heterocycles. The summed E-state index contributed by atoms with van der Waals surface area (Å²) in [6.07, 6.45) is 0.236. The molecule has 32 heavy (non-hydrogen) atoms. The van der Waals surface area contributed by atoms with Crippen LogP contribution in [0.15, 0.2) is 18.2 Å². The lowest BCUT2D eigenvalue weighted by Crippen LogP contribution is -2.47. The molecule has 3 amide bonds. The first-order valence-electron chi connectivity index (χ1n) is 10.9. The van der Waals surface area contributed by atoms with Crippen molar-refractivity contribution < 1.29 is 27.9 Å². The van der Waals surface area contributed by atoms with Gasteiger partial charge in [-0.3, -0.25) is 14.9 Å². The van der Waals surface area contributed by atoms with E-state index in [1.54, 1.807) is 45.9 Å². The molecule has 0 spiro atoms. The largest absolute Gasteiger partial charge is 0.444 e. The number of halogens is 2. The highest BCUT2D eigenvalue weighted by molar-refractivity contribution is 6.01. The van der Waals surface area contributed by atoms with Crippen molar-refractivity contribution in [3.05, 3.63) is 29.3 Å². The smallest absolute Gasteiger partial charge is 0.410 e. The second kappa shape index (κ2) is 7.42. The summed E-state index contributed by atoms with van der Waals surface area (Å²) in [6.45, 7) is 7.21. The second-order valence-corrected chi connectivity index (χ2v) is 10.0. The number of rotatable bonds is 3. The van der Waals surface area contributed by atoms with Gasteiger partial charge in [0.15, 0.2) is 0 Å².